The molecule has 1 aliphatic carbocycles. The molecule has 0 bridgehead atoms. The van der Waals surface area contributed by atoms with E-state index in [0.29, 0.717) is 18.2 Å². The first-order chi connectivity index (χ1) is 11.8. The number of benzene rings is 1. The Morgan fingerprint density at radius 2 is 2.08 bits per heavy atom. The molecule has 1 aliphatic rings. The van der Waals surface area contributed by atoms with Crippen molar-refractivity contribution in [2.75, 3.05) is 7.11 Å². The van der Waals surface area contributed by atoms with E-state index in [1.165, 1.54) is 43.1 Å². The summed E-state index contributed by atoms with van der Waals surface area (Å²) < 4.78 is 5.34. The molecule has 0 amide bonds. The Morgan fingerprint density at radius 3 is 2.83 bits per heavy atom. The average molecular weight is 319 g/mol. The van der Waals surface area contributed by atoms with Crippen LogP contribution in [0.2, 0.25) is 0 Å². The van der Waals surface area contributed by atoms with Gasteiger partial charge in [-0.1, -0.05) is 25.3 Å². The van der Waals surface area contributed by atoms with E-state index in [1.54, 1.807) is 13.3 Å². The maximum Gasteiger partial charge on any atom is 0.146 e. The second kappa shape index (κ2) is 6.26. The number of aromatic amines is 1. The lowest BCUT2D eigenvalue weighted by Crippen LogP contribution is -2.04. The lowest BCUT2D eigenvalue weighted by Gasteiger charge is -2.22. The number of fused-ring (bicyclic) bond motifs is 3. The number of rotatable bonds is 3. The van der Waals surface area contributed by atoms with E-state index in [0.717, 1.165) is 22.0 Å². The van der Waals surface area contributed by atoms with Crippen LogP contribution in [0.4, 0.5) is 0 Å². The molecular formula is C20H21N3O. The van der Waals surface area contributed by atoms with Crippen LogP contribution in [0.3, 0.4) is 0 Å². The molecule has 24 heavy (non-hydrogen) atoms. The number of hydrogen-bond acceptors (Lipinski definition) is 3. The van der Waals surface area contributed by atoms with Crippen molar-refractivity contribution in [1.29, 1.82) is 5.26 Å². The molecule has 0 unspecified atom stereocenters. The minimum atomic E-state index is 0.397. The first-order valence-electron chi connectivity index (χ1n) is 8.64. The fourth-order valence-electron chi connectivity index (χ4n) is 4.05. The van der Waals surface area contributed by atoms with Crippen molar-refractivity contribution in [1.82, 2.24) is 9.97 Å². The van der Waals surface area contributed by atoms with Gasteiger partial charge in [0.2, 0.25) is 0 Å². The van der Waals surface area contributed by atoms with E-state index in [9.17, 15) is 5.26 Å². The van der Waals surface area contributed by atoms with Crippen LogP contribution in [0.5, 0.6) is 0 Å². The molecule has 1 N–H and O–H groups in total. The van der Waals surface area contributed by atoms with E-state index < -0.39 is 0 Å². The first-order valence-corrected chi connectivity index (χ1v) is 8.64. The highest BCUT2D eigenvalue weighted by Gasteiger charge is 2.18. The second-order valence-electron chi connectivity index (χ2n) is 6.68. The summed E-state index contributed by atoms with van der Waals surface area (Å²) in [7, 11) is 1.66. The molecule has 4 heteroatoms. The molecule has 2 aromatic heterocycles. The van der Waals surface area contributed by atoms with Crippen LogP contribution < -0.4 is 0 Å². The SMILES string of the molecule is COCc1c(C#N)ncc2[nH]c3ccc(C4CCCCC4)cc3c12. The topological polar surface area (TPSA) is 61.7 Å². The Kier molecular flexibility index (Phi) is 3.95. The molecule has 0 spiro atoms. The Bertz CT molecular complexity index is 929. The van der Waals surface area contributed by atoms with Gasteiger partial charge in [-0.25, -0.2) is 4.98 Å². The number of H-pyrrole nitrogens is 1. The maximum absolute atomic E-state index is 9.39. The average Bonchev–Trinajstić information content (AvgIpc) is 3.01. The molecule has 4 nitrogen and oxygen atoms in total. The molecular weight excluding hydrogens is 298 g/mol. The molecule has 0 radical (unpaired) electrons. The van der Waals surface area contributed by atoms with Crippen molar-refractivity contribution < 1.29 is 4.74 Å². The van der Waals surface area contributed by atoms with Gasteiger partial charge in [-0.15, -0.1) is 0 Å². The largest absolute Gasteiger partial charge is 0.380 e. The fraction of sp³-hybridized carbons (Fsp3) is 0.400. The maximum atomic E-state index is 9.39. The van der Waals surface area contributed by atoms with Gasteiger partial charge in [0.25, 0.3) is 0 Å². The number of methoxy groups -OCH3 is 1. The van der Waals surface area contributed by atoms with Gasteiger partial charge in [-0.2, -0.15) is 5.26 Å². The summed E-state index contributed by atoms with van der Waals surface area (Å²) in [5, 5.41) is 11.7. The van der Waals surface area contributed by atoms with Crippen LogP contribution in [-0.4, -0.2) is 17.1 Å². The van der Waals surface area contributed by atoms with Crippen molar-refractivity contribution >= 4 is 21.8 Å². The van der Waals surface area contributed by atoms with Crippen LogP contribution in [0, 0.1) is 11.3 Å². The minimum Gasteiger partial charge on any atom is -0.380 e. The highest BCUT2D eigenvalue weighted by molar-refractivity contribution is 6.09. The van der Waals surface area contributed by atoms with E-state index in [-0.39, 0.29) is 0 Å². The van der Waals surface area contributed by atoms with Crippen LogP contribution in [-0.2, 0) is 11.3 Å². The van der Waals surface area contributed by atoms with Gasteiger partial charge in [0.1, 0.15) is 11.8 Å². The van der Waals surface area contributed by atoms with Crippen LogP contribution in [0.15, 0.2) is 24.4 Å². The van der Waals surface area contributed by atoms with Gasteiger partial charge in [0.05, 0.1) is 18.3 Å². The molecule has 1 fully saturated rings. The second-order valence-corrected chi connectivity index (χ2v) is 6.68. The summed E-state index contributed by atoms with van der Waals surface area (Å²) in [4.78, 5) is 7.71. The molecule has 0 aliphatic heterocycles. The molecule has 1 aromatic carbocycles. The monoisotopic (exact) mass is 319 g/mol. The summed E-state index contributed by atoms with van der Waals surface area (Å²) in [6.45, 7) is 0.397. The van der Waals surface area contributed by atoms with Gasteiger partial charge in [-0.05, 0) is 36.5 Å². The third-order valence-corrected chi connectivity index (χ3v) is 5.23. The summed E-state index contributed by atoms with van der Waals surface area (Å²) in [5.41, 5.74) is 4.82. The number of ether oxygens (including phenoxy) is 1. The molecule has 4 rings (SSSR count). The summed E-state index contributed by atoms with van der Waals surface area (Å²) in [6.07, 6.45) is 8.34. The number of aromatic nitrogens is 2. The number of nitriles is 1. The molecule has 0 atom stereocenters. The predicted octanol–water partition coefficient (Wildman–Crippen LogP) is 4.78. The Hall–Kier alpha value is -2.38. The van der Waals surface area contributed by atoms with Crippen LogP contribution in [0.25, 0.3) is 21.8 Å². The van der Waals surface area contributed by atoms with Crippen LogP contribution in [0.1, 0.15) is 54.8 Å². The van der Waals surface area contributed by atoms with Crippen molar-refractivity contribution in [2.45, 2.75) is 44.6 Å². The predicted molar refractivity (Wildman–Crippen MR) is 94.9 cm³/mol. The number of nitrogens with one attached hydrogen (secondary N) is 1. The fourth-order valence-corrected chi connectivity index (χ4v) is 4.05. The zero-order valence-electron chi connectivity index (χ0n) is 13.9. The zero-order chi connectivity index (χ0) is 16.5. The van der Waals surface area contributed by atoms with Crippen LogP contribution >= 0.6 is 0 Å². The summed E-state index contributed by atoms with van der Waals surface area (Å²) in [6, 6.07) is 8.93. The quantitative estimate of drug-likeness (QED) is 0.755. The smallest absolute Gasteiger partial charge is 0.146 e. The van der Waals surface area contributed by atoms with E-state index in [2.05, 4.69) is 34.2 Å². The number of hydrogen-bond donors (Lipinski definition) is 1. The van der Waals surface area contributed by atoms with Gasteiger partial charge in [0.15, 0.2) is 0 Å². The van der Waals surface area contributed by atoms with E-state index in [4.69, 9.17) is 4.74 Å². The summed E-state index contributed by atoms with van der Waals surface area (Å²) >= 11 is 0. The number of pyridine rings is 1. The normalized spacial score (nSPS) is 15.8. The highest BCUT2D eigenvalue weighted by Crippen LogP contribution is 2.36. The first kappa shape index (κ1) is 15.2. The lowest BCUT2D eigenvalue weighted by atomic mass is 9.83. The standard InChI is InChI=1S/C20H21N3O/c1-24-12-16-18(10-21)22-11-19-20(16)15-9-14(7-8-17(15)23-19)13-5-3-2-4-6-13/h7-9,11,13,23H,2-6,12H2,1H3. The highest BCUT2D eigenvalue weighted by atomic mass is 16.5. The minimum absolute atomic E-state index is 0.397. The van der Waals surface area contributed by atoms with Gasteiger partial charge < -0.3 is 9.72 Å². The van der Waals surface area contributed by atoms with Gasteiger partial charge in [0, 0.05) is 29.0 Å². The Labute approximate surface area is 141 Å². The van der Waals surface area contributed by atoms with Crippen molar-refractivity contribution in [3.63, 3.8) is 0 Å². The Balaban J connectivity index is 1.93. The summed E-state index contributed by atoms with van der Waals surface area (Å²) in [5.74, 6) is 0.663. The van der Waals surface area contributed by atoms with Gasteiger partial charge in [-0.3, -0.25) is 0 Å². The van der Waals surface area contributed by atoms with Crippen molar-refractivity contribution in [2.24, 2.45) is 0 Å². The Morgan fingerprint density at radius 1 is 1.25 bits per heavy atom. The van der Waals surface area contributed by atoms with Gasteiger partial charge >= 0.3 is 0 Å². The molecule has 2 heterocycles. The molecule has 122 valence electrons. The number of nitrogens with zero attached hydrogens (tertiary/aromatic N) is 2. The molecule has 1 saturated carbocycles. The molecule has 0 saturated heterocycles. The zero-order valence-corrected chi connectivity index (χ0v) is 13.9. The van der Waals surface area contributed by atoms with E-state index in [1.807, 2.05) is 0 Å². The van der Waals surface area contributed by atoms with Crippen molar-refractivity contribution in [3.8, 4) is 6.07 Å². The van der Waals surface area contributed by atoms with Crippen molar-refractivity contribution in [3.05, 3.63) is 41.2 Å². The molecule has 3 aromatic rings. The van der Waals surface area contributed by atoms with E-state index >= 15 is 0 Å². The third kappa shape index (κ3) is 2.46. The third-order valence-electron chi connectivity index (χ3n) is 5.23. The lowest BCUT2D eigenvalue weighted by molar-refractivity contribution is 0.185.